The topological polar surface area (TPSA) is 156 Å². The zero-order valence-corrected chi connectivity index (χ0v) is 13.5. The number of carbonyl (C=O) groups excluding carboxylic acids is 1. The molecule has 0 saturated carbocycles. The van der Waals surface area contributed by atoms with Crippen molar-refractivity contribution >= 4 is 26.0 Å². The summed E-state index contributed by atoms with van der Waals surface area (Å²) in [5.41, 5.74) is 0. The second kappa shape index (κ2) is 7.70. The van der Waals surface area contributed by atoms with Crippen molar-refractivity contribution in [2.45, 2.75) is 15.9 Å². The monoisotopic (exact) mass is 369 g/mol. The molecule has 0 fully saturated rings. The molecule has 130 valence electrons. The SMILES string of the molecule is CS(=O)(=O)c1ccccc1S(=O)(=O)NOC(=O)OC[C@@H](O)CO. The lowest BCUT2D eigenvalue weighted by atomic mass is 10.4. The van der Waals surface area contributed by atoms with E-state index in [1.807, 2.05) is 0 Å². The van der Waals surface area contributed by atoms with Crippen LogP contribution in [-0.2, 0) is 29.4 Å². The van der Waals surface area contributed by atoms with Gasteiger partial charge in [-0.2, -0.15) is 0 Å². The van der Waals surface area contributed by atoms with Crippen LogP contribution >= 0.6 is 0 Å². The lowest BCUT2D eigenvalue weighted by molar-refractivity contribution is -0.00676. The number of hydrogen-bond acceptors (Lipinski definition) is 9. The smallest absolute Gasteiger partial charge is 0.430 e. The van der Waals surface area contributed by atoms with Crippen molar-refractivity contribution in [3.63, 3.8) is 0 Å². The van der Waals surface area contributed by atoms with Gasteiger partial charge in [-0.05, 0) is 17.0 Å². The Labute approximate surface area is 132 Å². The van der Waals surface area contributed by atoms with Gasteiger partial charge in [0, 0.05) is 6.26 Å². The largest absolute Gasteiger partial charge is 0.528 e. The van der Waals surface area contributed by atoms with Gasteiger partial charge >= 0.3 is 6.16 Å². The summed E-state index contributed by atoms with van der Waals surface area (Å²) >= 11 is 0. The van der Waals surface area contributed by atoms with E-state index in [2.05, 4.69) is 9.57 Å². The minimum atomic E-state index is -4.48. The summed E-state index contributed by atoms with van der Waals surface area (Å²) in [6.07, 6.45) is -2.00. The number of benzene rings is 1. The number of aliphatic hydroxyl groups excluding tert-OH is 2. The Bertz CT molecular complexity index is 757. The first-order chi connectivity index (χ1) is 10.6. The van der Waals surface area contributed by atoms with Crippen molar-refractivity contribution in [2.24, 2.45) is 0 Å². The fourth-order valence-electron chi connectivity index (χ4n) is 1.36. The molecule has 1 rings (SSSR count). The van der Waals surface area contributed by atoms with E-state index in [4.69, 9.17) is 10.2 Å². The molecule has 0 aliphatic heterocycles. The van der Waals surface area contributed by atoms with Crippen LogP contribution in [0.1, 0.15) is 0 Å². The van der Waals surface area contributed by atoms with Gasteiger partial charge in [-0.15, -0.1) is 0 Å². The average molecular weight is 369 g/mol. The van der Waals surface area contributed by atoms with Crippen LogP contribution < -0.4 is 4.89 Å². The van der Waals surface area contributed by atoms with Crippen LogP contribution in [0.4, 0.5) is 4.79 Å². The van der Waals surface area contributed by atoms with Crippen molar-refractivity contribution < 1.29 is 41.4 Å². The van der Waals surface area contributed by atoms with E-state index in [1.54, 1.807) is 0 Å². The number of rotatable bonds is 7. The van der Waals surface area contributed by atoms with E-state index in [0.29, 0.717) is 0 Å². The molecule has 1 aromatic carbocycles. The molecule has 0 amide bonds. The second-order valence-electron chi connectivity index (χ2n) is 4.31. The average Bonchev–Trinajstić information content (AvgIpc) is 2.49. The normalized spacial score (nSPS) is 13.3. The summed E-state index contributed by atoms with van der Waals surface area (Å²) in [5.74, 6) is 0. The maximum atomic E-state index is 12.0. The van der Waals surface area contributed by atoms with Crippen LogP contribution in [0.5, 0.6) is 0 Å². The minimum Gasteiger partial charge on any atom is -0.430 e. The Hall–Kier alpha value is -1.73. The van der Waals surface area contributed by atoms with Gasteiger partial charge in [-0.1, -0.05) is 12.1 Å². The number of sulfonamides is 1. The van der Waals surface area contributed by atoms with Crippen LogP contribution in [-0.4, -0.2) is 58.8 Å². The summed E-state index contributed by atoms with van der Waals surface area (Å²) in [4.78, 5) is 15.6. The predicted molar refractivity (Wildman–Crippen MR) is 75.4 cm³/mol. The van der Waals surface area contributed by atoms with E-state index in [-0.39, 0.29) is 0 Å². The van der Waals surface area contributed by atoms with Gasteiger partial charge in [0.2, 0.25) is 0 Å². The Morgan fingerprint density at radius 1 is 1.22 bits per heavy atom. The highest BCUT2D eigenvalue weighted by Gasteiger charge is 2.25. The number of carbonyl (C=O) groups is 1. The maximum absolute atomic E-state index is 12.0. The highest BCUT2D eigenvalue weighted by Crippen LogP contribution is 2.20. The fraction of sp³-hybridized carbons (Fsp3) is 0.364. The van der Waals surface area contributed by atoms with Crippen molar-refractivity contribution in [2.75, 3.05) is 19.5 Å². The van der Waals surface area contributed by atoms with Gasteiger partial charge in [0.1, 0.15) is 17.6 Å². The third kappa shape index (κ3) is 5.76. The lowest BCUT2D eigenvalue weighted by Crippen LogP contribution is -2.30. The summed E-state index contributed by atoms with van der Waals surface area (Å²) in [5, 5.41) is 17.5. The van der Waals surface area contributed by atoms with E-state index in [0.717, 1.165) is 18.4 Å². The molecular weight excluding hydrogens is 354 g/mol. The molecular formula is C11H15NO9S2. The molecule has 3 N–H and O–H groups in total. The number of hydrogen-bond donors (Lipinski definition) is 3. The third-order valence-electron chi connectivity index (χ3n) is 2.38. The van der Waals surface area contributed by atoms with Crippen LogP contribution in [0, 0.1) is 0 Å². The summed E-state index contributed by atoms with van der Waals surface area (Å²) in [6.45, 7) is -1.28. The van der Waals surface area contributed by atoms with Gasteiger partial charge in [-0.3, -0.25) is 0 Å². The molecule has 0 aliphatic rings. The van der Waals surface area contributed by atoms with Gasteiger partial charge in [0.25, 0.3) is 10.0 Å². The van der Waals surface area contributed by atoms with Crippen molar-refractivity contribution in [3.05, 3.63) is 24.3 Å². The molecule has 10 nitrogen and oxygen atoms in total. The second-order valence-corrected chi connectivity index (χ2v) is 7.90. The molecule has 0 heterocycles. The molecule has 1 atom stereocenters. The molecule has 1 aromatic rings. The first-order valence-electron chi connectivity index (χ1n) is 6.01. The van der Waals surface area contributed by atoms with Gasteiger partial charge < -0.3 is 19.8 Å². The number of aliphatic hydroxyl groups is 2. The van der Waals surface area contributed by atoms with Crippen molar-refractivity contribution in [1.29, 1.82) is 0 Å². The third-order valence-corrected chi connectivity index (χ3v) is 4.90. The van der Waals surface area contributed by atoms with E-state index in [1.165, 1.54) is 17.0 Å². The molecule has 0 aliphatic carbocycles. The fourth-order valence-corrected chi connectivity index (χ4v) is 3.76. The Balaban J connectivity index is 2.84. The molecule has 0 bridgehead atoms. The molecule has 23 heavy (non-hydrogen) atoms. The molecule has 12 heteroatoms. The van der Waals surface area contributed by atoms with Gasteiger partial charge in [-0.25, -0.2) is 21.6 Å². The quantitative estimate of drug-likeness (QED) is 0.396. The molecule has 0 spiro atoms. The van der Waals surface area contributed by atoms with Crippen molar-refractivity contribution in [1.82, 2.24) is 4.89 Å². The first kappa shape index (κ1) is 19.3. The van der Waals surface area contributed by atoms with Crippen molar-refractivity contribution in [3.8, 4) is 0 Å². The maximum Gasteiger partial charge on any atom is 0.528 e. The minimum absolute atomic E-state index is 0.472. The van der Waals surface area contributed by atoms with Gasteiger partial charge in [0.05, 0.1) is 11.5 Å². The molecule has 0 radical (unpaired) electrons. The zero-order chi connectivity index (χ0) is 17.7. The lowest BCUT2D eigenvalue weighted by Gasteiger charge is -2.11. The number of nitrogens with one attached hydrogen (secondary N) is 1. The highest BCUT2D eigenvalue weighted by molar-refractivity contribution is 7.93. The molecule has 0 aromatic heterocycles. The number of sulfone groups is 1. The van der Waals surface area contributed by atoms with Crippen LogP contribution in [0.15, 0.2) is 34.1 Å². The van der Waals surface area contributed by atoms with Crippen LogP contribution in [0.2, 0.25) is 0 Å². The Kier molecular flexibility index (Phi) is 6.47. The standard InChI is InChI=1S/C11H15NO9S2/c1-22(16,17)9-4-2-3-5-10(9)23(18,19)12-21-11(15)20-7-8(14)6-13/h2-5,8,12-14H,6-7H2,1H3/t8-/m0/s1. The summed E-state index contributed by atoms with van der Waals surface area (Å²) in [6, 6.07) is 4.72. The van der Waals surface area contributed by atoms with E-state index < -0.39 is 55.1 Å². The summed E-state index contributed by atoms with van der Waals surface area (Å²) < 4.78 is 51.5. The van der Waals surface area contributed by atoms with Crippen LogP contribution in [0.25, 0.3) is 0 Å². The van der Waals surface area contributed by atoms with E-state index >= 15 is 0 Å². The Morgan fingerprint density at radius 3 is 2.30 bits per heavy atom. The molecule has 0 unspecified atom stereocenters. The van der Waals surface area contributed by atoms with Gasteiger partial charge in [0.15, 0.2) is 9.84 Å². The summed E-state index contributed by atoms with van der Waals surface area (Å²) in [7, 11) is -8.31. The van der Waals surface area contributed by atoms with E-state index in [9.17, 15) is 21.6 Å². The highest BCUT2D eigenvalue weighted by atomic mass is 32.2. The Morgan fingerprint density at radius 2 is 1.78 bits per heavy atom. The zero-order valence-electron chi connectivity index (χ0n) is 11.9. The number of ether oxygens (including phenoxy) is 1. The molecule has 0 saturated heterocycles. The predicted octanol–water partition coefficient (Wildman–Crippen LogP) is -1.21. The first-order valence-corrected chi connectivity index (χ1v) is 9.39. The van der Waals surface area contributed by atoms with Crippen LogP contribution in [0.3, 0.4) is 0 Å².